The van der Waals surface area contributed by atoms with Gasteiger partial charge in [0.15, 0.2) is 5.43 Å². The second kappa shape index (κ2) is 17.0. The maximum absolute atomic E-state index is 13.1. The molecule has 4 rings (SSSR count). The largest absolute Gasteiger partial charge is 0.497 e. The van der Waals surface area contributed by atoms with Crippen LogP contribution in [-0.2, 0) is 11.3 Å². The van der Waals surface area contributed by atoms with Gasteiger partial charge in [-0.1, -0.05) is 80.7 Å². The second-order valence-corrected chi connectivity index (χ2v) is 10.5. The molecule has 0 aliphatic heterocycles. The van der Waals surface area contributed by atoms with E-state index in [0.29, 0.717) is 40.6 Å². The van der Waals surface area contributed by atoms with Crippen LogP contribution in [0.3, 0.4) is 0 Å². The van der Waals surface area contributed by atoms with E-state index in [-0.39, 0.29) is 5.43 Å². The second-order valence-electron chi connectivity index (χ2n) is 10.5. The summed E-state index contributed by atoms with van der Waals surface area (Å²) < 4.78 is 28.2. The third-order valence-corrected chi connectivity index (χ3v) is 7.39. The summed E-state index contributed by atoms with van der Waals surface area (Å²) in [7, 11) is 4.71. The summed E-state index contributed by atoms with van der Waals surface area (Å²) in [6.45, 7) is 1.53. The Labute approximate surface area is 254 Å². The lowest BCUT2D eigenvalue weighted by Gasteiger charge is -2.10. The molecule has 0 fully saturated rings. The summed E-state index contributed by atoms with van der Waals surface area (Å²) in [5, 5.41) is 0.376. The first kappa shape index (κ1) is 31.7. The Morgan fingerprint density at radius 1 is 0.721 bits per heavy atom. The van der Waals surface area contributed by atoms with Crippen LogP contribution in [0.2, 0.25) is 0 Å². The van der Waals surface area contributed by atoms with Gasteiger partial charge in [-0.05, 0) is 36.6 Å². The first-order chi connectivity index (χ1) is 21.1. The molecule has 6 heteroatoms. The molecule has 0 spiro atoms. The van der Waals surface area contributed by atoms with Gasteiger partial charge in [0.05, 0.1) is 27.9 Å². The minimum atomic E-state index is -0.193. The van der Waals surface area contributed by atoms with Gasteiger partial charge in [-0.2, -0.15) is 0 Å². The van der Waals surface area contributed by atoms with Gasteiger partial charge < -0.3 is 23.4 Å². The van der Waals surface area contributed by atoms with Gasteiger partial charge in [0.2, 0.25) is 0 Å². The monoisotopic (exact) mass is 582 g/mol. The van der Waals surface area contributed by atoms with Crippen molar-refractivity contribution in [3.05, 3.63) is 88.1 Å². The maximum Gasteiger partial charge on any atom is 0.197 e. The average Bonchev–Trinajstić information content (AvgIpc) is 3.04. The average molecular weight is 583 g/mol. The Hall–Kier alpha value is -4.21. The number of ether oxygens (including phenoxy) is 4. The van der Waals surface area contributed by atoms with Crippen molar-refractivity contribution in [3.63, 3.8) is 0 Å². The van der Waals surface area contributed by atoms with Gasteiger partial charge in [-0.25, -0.2) is 0 Å². The Morgan fingerprint density at radius 2 is 1.44 bits per heavy atom. The van der Waals surface area contributed by atoms with Crippen molar-refractivity contribution in [3.8, 4) is 40.4 Å². The van der Waals surface area contributed by atoms with Crippen LogP contribution in [0.5, 0.6) is 17.2 Å². The van der Waals surface area contributed by atoms with Crippen LogP contribution in [0.4, 0.5) is 0 Å². The van der Waals surface area contributed by atoms with Crippen LogP contribution in [0.25, 0.3) is 22.3 Å². The molecule has 0 N–H and O–H groups in total. The highest BCUT2D eigenvalue weighted by Gasteiger charge is 2.15. The molecule has 43 heavy (non-hydrogen) atoms. The number of benzene rings is 3. The van der Waals surface area contributed by atoms with Crippen LogP contribution < -0.4 is 19.6 Å². The van der Waals surface area contributed by atoms with E-state index in [1.807, 2.05) is 36.4 Å². The first-order valence-corrected chi connectivity index (χ1v) is 15.1. The summed E-state index contributed by atoms with van der Waals surface area (Å²) in [4.78, 5) is 13.1. The molecule has 0 radical (unpaired) electrons. The van der Waals surface area contributed by atoms with Crippen molar-refractivity contribution in [2.75, 3.05) is 27.9 Å². The standard InChI is InChI=1S/C37H42O6/c1-39-30-20-21-32(34-26-33(38)37-35(41-3)24-31(40-2)25-36(37)43-34)29(23-30)19-15-10-8-6-4-5-7-9-11-16-22-42-27-28-17-13-12-14-18-28/h12-14,17-18,20-21,23-26H,4-11,16,22,27H2,1-3H3. The summed E-state index contributed by atoms with van der Waals surface area (Å²) >= 11 is 0. The molecular weight excluding hydrogens is 540 g/mol. The highest BCUT2D eigenvalue weighted by atomic mass is 16.5. The smallest absolute Gasteiger partial charge is 0.197 e. The minimum Gasteiger partial charge on any atom is -0.497 e. The molecule has 0 bridgehead atoms. The molecule has 1 aromatic heterocycles. The van der Waals surface area contributed by atoms with E-state index in [9.17, 15) is 4.79 Å². The molecule has 4 aromatic rings. The van der Waals surface area contributed by atoms with E-state index in [2.05, 4.69) is 24.0 Å². The fourth-order valence-electron chi connectivity index (χ4n) is 5.01. The van der Waals surface area contributed by atoms with Crippen molar-refractivity contribution in [2.24, 2.45) is 0 Å². The summed E-state index contributed by atoms with van der Waals surface area (Å²) in [6.07, 6.45) is 10.4. The highest BCUT2D eigenvalue weighted by Crippen LogP contribution is 2.33. The third kappa shape index (κ3) is 9.39. The van der Waals surface area contributed by atoms with Crippen molar-refractivity contribution < 1.29 is 23.4 Å². The lowest BCUT2D eigenvalue weighted by atomic mass is 10.0. The zero-order valence-electron chi connectivity index (χ0n) is 25.6. The van der Waals surface area contributed by atoms with Crippen molar-refractivity contribution in [1.82, 2.24) is 0 Å². The zero-order chi connectivity index (χ0) is 30.3. The SMILES string of the molecule is COc1ccc(-c2cc(=O)c3c(OC)cc(OC)cc3o2)c(C#CCCCCCCCCCCOCc2ccccc2)c1. The molecule has 226 valence electrons. The molecule has 0 aliphatic carbocycles. The molecule has 0 saturated heterocycles. The summed E-state index contributed by atoms with van der Waals surface area (Å²) in [5.74, 6) is 8.69. The fraction of sp³-hybridized carbons (Fsp3) is 0.378. The van der Waals surface area contributed by atoms with Crippen molar-refractivity contribution >= 4 is 11.0 Å². The summed E-state index contributed by atoms with van der Waals surface area (Å²) in [5.41, 5.74) is 2.92. The number of hydrogen-bond donors (Lipinski definition) is 0. The Morgan fingerprint density at radius 3 is 2.16 bits per heavy atom. The van der Waals surface area contributed by atoms with Crippen LogP contribution in [0.15, 0.2) is 75.9 Å². The van der Waals surface area contributed by atoms with E-state index < -0.39 is 0 Å². The molecule has 0 atom stereocenters. The van der Waals surface area contributed by atoms with Crippen LogP contribution in [0.1, 0.15) is 68.9 Å². The van der Waals surface area contributed by atoms with E-state index in [0.717, 1.165) is 37.0 Å². The van der Waals surface area contributed by atoms with Crippen LogP contribution in [-0.4, -0.2) is 27.9 Å². The normalized spacial score (nSPS) is 10.8. The van der Waals surface area contributed by atoms with Crippen LogP contribution >= 0.6 is 0 Å². The van der Waals surface area contributed by atoms with E-state index in [4.69, 9.17) is 23.4 Å². The van der Waals surface area contributed by atoms with Gasteiger partial charge in [0.1, 0.15) is 34.0 Å². The van der Waals surface area contributed by atoms with Gasteiger partial charge in [-0.3, -0.25) is 4.79 Å². The predicted molar refractivity (Wildman–Crippen MR) is 172 cm³/mol. The predicted octanol–water partition coefficient (Wildman–Crippen LogP) is 8.57. The highest BCUT2D eigenvalue weighted by molar-refractivity contribution is 5.87. The number of methoxy groups -OCH3 is 3. The van der Waals surface area contributed by atoms with Crippen LogP contribution in [0, 0.1) is 11.8 Å². The topological polar surface area (TPSA) is 67.1 Å². The first-order valence-electron chi connectivity index (χ1n) is 15.1. The molecule has 0 aliphatic rings. The Bertz CT molecular complexity index is 1560. The molecule has 1 heterocycles. The van der Waals surface area contributed by atoms with Gasteiger partial charge in [0.25, 0.3) is 0 Å². The Balaban J connectivity index is 1.24. The number of rotatable bonds is 16. The zero-order valence-corrected chi connectivity index (χ0v) is 25.6. The molecular formula is C37H42O6. The van der Waals surface area contributed by atoms with Gasteiger partial charge in [-0.15, -0.1) is 0 Å². The quantitative estimate of drug-likeness (QED) is 0.0974. The van der Waals surface area contributed by atoms with Gasteiger partial charge in [0, 0.05) is 42.4 Å². The van der Waals surface area contributed by atoms with Crippen molar-refractivity contribution in [1.29, 1.82) is 0 Å². The summed E-state index contributed by atoms with van der Waals surface area (Å²) in [6, 6.07) is 20.8. The Kier molecular flexibility index (Phi) is 12.6. The lowest BCUT2D eigenvalue weighted by molar-refractivity contribution is 0.116. The lowest BCUT2D eigenvalue weighted by Crippen LogP contribution is -2.03. The van der Waals surface area contributed by atoms with E-state index in [1.54, 1.807) is 26.4 Å². The number of unbranched alkanes of at least 4 members (excludes halogenated alkanes) is 8. The minimum absolute atomic E-state index is 0.193. The molecule has 0 unspecified atom stereocenters. The molecule has 3 aromatic carbocycles. The fourth-order valence-corrected chi connectivity index (χ4v) is 5.01. The molecule has 6 nitrogen and oxygen atoms in total. The number of fused-ring (bicyclic) bond motifs is 1. The molecule has 0 saturated carbocycles. The maximum atomic E-state index is 13.1. The molecule has 0 amide bonds. The van der Waals surface area contributed by atoms with E-state index in [1.165, 1.54) is 57.3 Å². The van der Waals surface area contributed by atoms with Gasteiger partial charge >= 0.3 is 0 Å². The van der Waals surface area contributed by atoms with Crippen molar-refractivity contribution in [2.45, 2.75) is 64.4 Å². The van der Waals surface area contributed by atoms with E-state index >= 15 is 0 Å². The number of hydrogen-bond acceptors (Lipinski definition) is 6. The third-order valence-electron chi connectivity index (χ3n) is 7.39.